The molecule has 0 aliphatic carbocycles. The molecule has 0 saturated carbocycles. The van der Waals surface area contributed by atoms with E-state index in [1.165, 1.54) is 38.0 Å². The molecule has 144 valence electrons. The molecule has 0 aromatic heterocycles. The number of aliphatic carboxylic acids is 2. The zero-order valence-electron chi connectivity index (χ0n) is 14.5. The molecule has 2 aliphatic heterocycles. The highest BCUT2D eigenvalue weighted by Crippen LogP contribution is 2.25. The normalized spacial score (nSPS) is 24.7. The molecule has 8 heteroatoms. The van der Waals surface area contributed by atoms with Crippen molar-refractivity contribution in [3.8, 4) is 0 Å². The van der Waals surface area contributed by atoms with E-state index < -0.39 is 24.1 Å². The minimum Gasteiger partial charge on any atom is -0.479 e. The molecule has 1 aromatic rings. The number of nitrogens with zero attached hydrogens (tertiary/aromatic N) is 1. The maximum atomic E-state index is 9.77. The van der Waals surface area contributed by atoms with Crippen LogP contribution in [0.25, 0.3) is 0 Å². The number of hydrogen-bond acceptors (Lipinski definition) is 6. The molecule has 1 aromatic carbocycles. The number of carboxylic acids is 2. The van der Waals surface area contributed by atoms with Crippen LogP contribution in [0, 0.1) is 5.92 Å². The van der Waals surface area contributed by atoms with Gasteiger partial charge in [0.2, 0.25) is 0 Å². The fourth-order valence-electron chi connectivity index (χ4n) is 3.38. The van der Waals surface area contributed by atoms with E-state index >= 15 is 0 Å². The van der Waals surface area contributed by atoms with E-state index in [4.69, 9.17) is 20.4 Å². The van der Waals surface area contributed by atoms with Crippen LogP contribution in [-0.4, -0.2) is 75.1 Å². The Labute approximate surface area is 152 Å². The summed E-state index contributed by atoms with van der Waals surface area (Å²) in [6.07, 6.45) is -1.75. The number of benzene rings is 1. The zero-order chi connectivity index (χ0) is 19.1. The Hall–Kier alpha value is -2.00. The number of nitrogens with one attached hydrogen (secondary N) is 1. The van der Waals surface area contributed by atoms with E-state index in [-0.39, 0.29) is 0 Å². The van der Waals surface area contributed by atoms with Gasteiger partial charge in [0.1, 0.15) is 0 Å². The molecule has 3 rings (SSSR count). The highest BCUT2D eigenvalue weighted by Gasteiger charge is 2.33. The van der Waals surface area contributed by atoms with Gasteiger partial charge in [0.15, 0.2) is 12.2 Å². The molecule has 26 heavy (non-hydrogen) atoms. The fraction of sp³-hybridized carbons (Fsp3) is 0.556. The van der Waals surface area contributed by atoms with Gasteiger partial charge in [-0.15, -0.1) is 0 Å². The first-order valence-electron chi connectivity index (χ1n) is 8.70. The maximum absolute atomic E-state index is 9.77. The van der Waals surface area contributed by atoms with E-state index in [1.54, 1.807) is 0 Å². The van der Waals surface area contributed by atoms with Crippen LogP contribution in [0.2, 0.25) is 0 Å². The second-order valence-corrected chi connectivity index (χ2v) is 6.71. The average Bonchev–Trinajstić information content (AvgIpc) is 3.03. The first-order chi connectivity index (χ1) is 12.4. The van der Waals surface area contributed by atoms with Crippen molar-refractivity contribution in [1.29, 1.82) is 0 Å². The third-order valence-electron chi connectivity index (χ3n) is 4.73. The third kappa shape index (κ3) is 5.77. The molecular weight excluding hydrogens is 340 g/mol. The van der Waals surface area contributed by atoms with Gasteiger partial charge in [0.05, 0.1) is 0 Å². The first-order valence-corrected chi connectivity index (χ1v) is 8.70. The van der Waals surface area contributed by atoms with Crippen molar-refractivity contribution in [1.82, 2.24) is 10.2 Å². The Balaban J connectivity index is 0.000000213. The fourth-order valence-corrected chi connectivity index (χ4v) is 3.38. The lowest BCUT2D eigenvalue weighted by molar-refractivity contribution is -0.165. The maximum Gasteiger partial charge on any atom is 0.335 e. The summed E-state index contributed by atoms with van der Waals surface area (Å²) in [5.41, 5.74) is 1.45. The monoisotopic (exact) mass is 366 g/mol. The van der Waals surface area contributed by atoms with Crippen LogP contribution in [0.4, 0.5) is 0 Å². The largest absolute Gasteiger partial charge is 0.479 e. The van der Waals surface area contributed by atoms with Crippen molar-refractivity contribution in [2.45, 2.75) is 37.6 Å². The first kappa shape index (κ1) is 20.3. The van der Waals surface area contributed by atoms with Crippen molar-refractivity contribution in [2.24, 2.45) is 5.92 Å². The predicted octanol–water partition coefficient (Wildman–Crippen LogP) is -0.252. The Morgan fingerprint density at radius 1 is 1.08 bits per heavy atom. The number of likely N-dealkylation sites (tertiary alicyclic amines) is 1. The number of rotatable bonds is 5. The van der Waals surface area contributed by atoms with Crippen LogP contribution in [0.15, 0.2) is 30.3 Å². The molecule has 0 bridgehead atoms. The molecule has 0 amide bonds. The van der Waals surface area contributed by atoms with Crippen molar-refractivity contribution >= 4 is 11.9 Å². The molecule has 5 N–H and O–H groups in total. The van der Waals surface area contributed by atoms with Crippen molar-refractivity contribution in [2.75, 3.05) is 19.6 Å². The SMILES string of the molecule is O=C(O)[C@H](O)[C@@H](O)C(=O)O.c1ccc(CN2CC3CCCNC3C2)cc1. The third-order valence-corrected chi connectivity index (χ3v) is 4.73. The summed E-state index contributed by atoms with van der Waals surface area (Å²) >= 11 is 0. The standard InChI is InChI=1S/C14H20N2.C4H6O6/c1-2-5-12(6-3-1)9-16-10-13-7-4-8-15-14(13)11-16;5-1(3(7)8)2(6)4(9)10/h1-3,5-6,13-15H,4,7-11H2;1-2,5-6H,(H,7,8)(H,9,10)/t;1-,2-/m.1/s1. The molecule has 2 saturated heterocycles. The number of aliphatic hydroxyl groups is 2. The molecular formula is C18H26N2O6. The number of carbonyl (C=O) groups is 2. The topological polar surface area (TPSA) is 130 Å². The van der Waals surface area contributed by atoms with Gasteiger partial charge in [-0.05, 0) is 30.9 Å². The quantitative estimate of drug-likeness (QED) is 0.482. The van der Waals surface area contributed by atoms with E-state index in [0.717, 1.165) is 18.5 Å². The predicted molar refractivity (Wildman–Crippen MR) is 93.5 cm³/mol. The lowest BCUT2D eigenvalue weighted by atomic mass is 9.94. The minimum atomic E-state index is -2.27. The molecule has 0 radical (unpaired) electrons. The van der Waals surface area contributed by atoms with Crippen LogP contribution in [0.1, 0.15) is 18.4 Å². The molecule has 8 nitrogen and oxygen atoms in total. The van der Waals surface area contributed by atoms with E-state index in [9.17, 15) is 9.59 Å². The van der Waals surface area contributed by atoms with Gasteiger partial charge in [0, 0.05) is 25.7 Å². The Morgan fingerprint density at radius 3 is 2.23 bits per heavy atom. The summed E-state index contributed by atoms with van der Waals surface area (Å²) in [6.45, 7) is 4.86. The van der Waals surface area contributed by atoms with Gasteiger partial charge in [-0.3, -0.25) is 4.90 Å². The summed E-state index contributed by atoms with van der Waals surface area (Å²) < 4.78 is 0. The van der Waals surface area contributed by atoms with Gasteiger partial charge >= 0.3 is 11.9 Å². The lowest BCUT2D eigenvalue weighted by Gasteiger charge is -2.24. The number of piperidine rings is 1. The number of aliphatic hydroxyl groups excluding tert-OH is 2. The second kappa shape index (κ2) is 9.63. The van der Waals surface area contributed by atoms with Gasteiger partial charge in [-0.1, -0.05) is 30.3 Å². The van der Waals surface area contributed by atoms with Crippen LogP contribution in [0.5, 0.6) is 0 Å². The molecule has 0 spiro atoms. The van der Waals surface area contributed by atoms with Gasteiger partial charge in [-0.2, -0.15) is 0 Å². The highest BCUT2D eigenvalue weighted by molar-refractivity contribution is 5.83. The number of fused-ring (bicyclic) bond motifs is 1. The Kier molecular flexibility index (Phi) is 7.52. The Morgan fingerprint density at radius 2 is 1.69 bits per heavy atom. The molecule has 2 fully saturated rings. The summed E-state index contributed by atoms with van der Waals surface area (Å²) in [7, 11) is 0. The van der Waals surface area contributed by atoms with Gasteiger partial charge < -0.3 is 25.7 Å². The summed E-state index contributed by atoms with van der Waals surface area (Å²) in [5.74, 6) is -2.64. The number of hydrogen-bond donors (Lipinski definition) is 5. The van der Waals surface area contributed by atoms with E-state index in [2.05, 4.69) is 40.5 Å². The summed E-state index contributed by atoms with van der Waals surface area (Å²) in [4.78, 5) is 22.1. The minimum absolute atomic E-state index is 0.762. The molecule has 2 aliphatic rings. The van der Waals surface area contributed by atoms with Crippen LogP contribution < -0.4 is 5.32 Å². The van der Waals surface area contributed by atoms with Gasteiger partial charge in [-0.25, -0.2) is 9.59 Å². The molecule has 4 atom stereocenters. The zero-order valence-corrected chi connectivity index (χ0v) is 14.5. The second-order valence-electron chi connectivity index (χ2n) is 6.71. The van der Waals surface area contributed by atoms with Crippen LogP contribution in [-0.2, 0) is 16.1 Å². The van der Waals surface area contributed by atoms with Gasteiger partial charge in [0.25, 0.3) is 0 Å². The Bertz CT molecular complexity index is 565. The van der Waals surface area contributed by atoms with E-state index in [0.29, 0.717) is 0 Å². The van der Waals surface area contributed by atoms with Crippen LogP contribution in [0.3, 0.4) is 0 Å². The smallest absolute Gasteiger partial charge is 0.335 e. The number of carboxylic acid groups (broad SMARTS) is 2. The van der Waals surface area contributed by atoms with E-state index in [1.807, 2.05) is 0 Å². The average molecular weight is 366 g/mol. The van der Waals surface area contributed by atoms with Crippen molar-refractivity contribution in [3.05, 3.63) is 35.9 Å². The van der Waals surface area contributed by atoms with Crippen molar-refractivity contribution in [3.63, 3.8) is 0 Å². The summed E-state index contributed by atoms with van der Waals surface area (Å²) in [5, 5.41) is 36.2. The highest BCUT2D eigenvalue weighted by atomic mass is 16.4. The van der Waals surface area contributed by atoms with Crippen molar-refractivity contribution < 1.29 is 30.0 Å². The lowest BCUT2D eigenvalue weighted by Crippen LogP contribution is -2.40. The molecule has 2 unspecified atom stereocenters. The molecule has 2 heterocycles. The van der Waals surface area contributed by atoms with Crippen LogP contribution >= 0.6 is 0 Å². The summed E-state index contributed by atoms with van der Waals surface area (Å²) in [6, 6.07) is 11.6.